The zero-order valence-corrected chi connectivity index (χ0v) is 10.6. The molecule has 3 nitrogen and oxygen atoms in total. The summed E-state index contributed by atoms with van der Waals surface area (Å²) in [7, 11) is 0. The molecule has 0 spiro atoms. The number of nitrogens with zero attached hydrogens (tertiary/aromatic N) is 1. The van der Waals surface area contributed by atoms with E-state index in [4.69, 9.17) is 10.2 Å². The summed E-state index contributed by atoms with van der Waals surface area (Å²) in [6, 6.07) is 8.27. The van der Waals surface area contributed by atoms with Crippen LogP contribution in [0.25, 0.3) is 11.5 Å². The third kappa shape index (κ3) is 2.06. The zero-order chi connectivity index (χ0) is 12.5. The molecule has 0 aliphatic heterocycles. The minimum Gasteiger partial charge on any atom is -0.441 e. The van der Waals surface area contributed by atoms with Gasteiger partial charge in [0.1, 0.15) is 5.76 Å². The van der Waals surface area contributed by atoms with E-state index in [1.807, 2.05) is 12.1 Å². The lowest BCUT2D eigenvalue weighted by Gasteiger charge is -2.17. The van der Waals surface area contributed by atoms with Crippen molar-refractivity contribution in [2.45, 2.75) is 26.2 Å². The summed E-state index contributed by atoms with van der Waals surface area (Å²) in [4.78, 5) is 4.64. The zero-order valence-electron chi connectivity index (χ0n) is 10.6. The first kappa shape index (κ1) is 11.5. The first-order valence-corrected chi connectivity index (χ1v) is 6.52. The van der Waals surface area contributed by atoms with Crippen LogP contribution >= 0.6 is 0 Å². The van der Waals surface area contributed by atoms with Crippen LogP contribution in [-0.4, -0.2) is 11.5 Å². The third-order valence-electron chi connectivity index (χ3n) is 3.64. The molecule has 0 saturated heterocycles. The number of benzene rings is 1. The molecule has 0 fully saturated rings. The fraction of sp³-hybridized carbons (Fsp3) is 0.400. The van der Waals surface area contributed by atoms with E-state index in [0.29, 0.717) is 5.92 Å². The van der Waals surface area contributed by atoms with Gasteiger partial charge in [0, 0.05) is 12.0 Å². The SMILES string of the molecule is Cc1cccc(-c2nc3c(o2)CCC(CN)C3)c1. The normalized spacial score (nSPS) is 18.7. The minimum absolute atomic E-state index is 0.563. The van der Waals surface area contributed by atoms with Crippen LogP contribution in [0.3, 0.4) is 0 Å². The Morgan fingerprint density at radius 3 is 3.11 bits per heavy atom. The third-order valence-corrected chi connectivity index (χ3v) is 3.64. The predicted octanol–water partition coefficient (Wildman–Crippen LogP) is 2.71. The predicted molar refractivity (Wildman–Crippen MR) is 71.2 cm³/mol. The van der Waals surface area contributed by atoms with Crippen molar-refractivity contribution < 1.29 is 4.42 Å². The number of rotatable bonds is 2. The van der Waals surface area contributed by atoms with Crippen molar-refractivity contribution in [3.8, 4) is 11.5 Å². The lowest BCUT2D eigenvalue weighted by atomic mass is 9.90. The standard InChI is InChI=1S/C15H18N2O/c1-10-3-2-4-12(7-10)15-17-13-8-11(9-16)5-6-14(13)18-15/h2-4,7,11H,5-6,8-9,16H2,1H3. The molecule has 0 amide bonds. The summed E-state index contributed by atoms with van der Waals surface area (Å²) in [5.41, 5.74) is 9.13. The fourth-order valence-corrected chi connectivity index (χ4v) is 2.55. The number of aryl methyl sites for hydroxylation is 2. The first-order chi connectivity index (χ1) is 8.76. The lowest BCUT2D eigenvalue weighted by Crippen LogP contribution is -2.21. The summed E-state index contributed by atoms with van der Waals surface area (Å²) >= 11 is 0. The Kier molecular flexibility index (Phi) is 2.92. The molecule has 1 unspecified atom stereocenters. The highest BCUT2D eigenvalue weighted by atomic mass is 16.4. The van der Waals surface area contributed by atoms with E-state index in [1.165, 1.54) is 5.56 Å². The van der Waals surface area contributed by atoms with E-state index in [0.717, 1.165) is 48.7 Å². The average Bonchev–Trinajstić information content (AvgIpc) is 2.81. The molecule has 94 valence electrons. The summed E-state index contributed by atoms with van der Waals surface area (Å²) in [6.45, 7) is 2.82. The molecule has 1 aromatic carbocycles. The van der Waals surface area contributed by atoms with E-state index >= 15 is 0 Å². The van der Waals surface area contributed by atoms with E-state index in [2.05, 4.69) is 24.0 Å². The van der Waals surface area contributed by atoms with Gasteiger partial charge in [-0.1, -0.05) is 17.7 Å². The molecule has 18 heavy (non-hydrogen) atoms. The maximum absolute atomic E-state index is 5.89. The van der Waals surface area contributed by atoms with Gasteiger partial charge in [-0.3, -0.25) is 0 Å². The number of nitrogens with two attached hydrogens (primary N) is 1. The summed E-state index contributed by atoms with van der Waals surface area (Å²) < 4.78 is 5.89. The highest BCUT2D eigenvalue weighted by Crippen LogP contribution is 2.29. The Morgan fingerprint density at radius 2 is 2.33 bits per heavy atom. The summed E-state index contributed by atoms with van der Waals surface area (Å²) in [5, 5.41) is 0. The van der Waals surface area contributed by atoms with E-state index in [1.54, 1.807) is 0 Å². The minimum atomic E-state index is 0.563. The number of oxazole rings is 1. The fourth-order valence-electron chi connectivity index (χ4n) is 2.55. The number of hydrogen-bond acceptors (Lipinski definition) is 3. The Bertz CT molecular complexity index is 559. The lowest BCUT2D eigenvalue weighted by molar-refractivity contribution is 0.413. The van der Waals surface area contributed by atoms with Gasteiger partial charge >= 0.3 is 0 Å². The number of aromatic nitrogens is 1. The Morgan fingerprint density at radius 1 is 1.44 bits per heavy atom. The topological polar surface area (TPSA) is 52.0 Å². The van der Waals surface area contributed by atoms with Gasteiger partial charge < -0.3 is 10.2 Å². The molecule has 3 rings (SSSR count). The molecule has 2 N–H and O–H groups in total. The van der Waals surface area contributed by atoms with Gasteiger partial charge in [0.05, 0.1) is 5.69 Å². The maximum atomic E-state index is 5.89. The van der Waals surface area contributed by atoms with Gasteiger partial charge in [0.2, 0.25) is 5.89 Å². The van der Waals surface area contributed by atoms with Crippen LogP contribution < -0.4 is 5.73 Å². The van der Waals surface area contributed by atoms with Crippen LogP contribution in [0.4, 0.5) is 0 Å². The van der Waals surface area contributed by atoms with Crippen LogP contribution in [0.5, 0.6) is 0 Å². The Labute approximate surface area is 107 Å². The second-order valence-electron chi connectivity index (χ2n) is 5.10. The summed E-state index contributed by atoms with van der Waals surface area (Å²) in [6.07, 6.45) is 3.04. The van der Waals surface area contributed by atoms with Crippen LogP contribution in [-0.2, 0) is 12.8 Å². The van der Waals surface area contributed by atoms with Gasteiger partial charge in [0.25, 0.3) is 0 Å². The van der Waals surface area contributed by atoms with Crippen molar-refractivity contribution in [2.24, 2.45) is 11.7 Å². The van der Waals surface area contributed by atoms with Crippen molar-refractivity contribution in [1.29, 1.82) is 0 Å². The largest absolute Gasteiger partial charge is 0.441 e. The maximum Gasteiger partial charge on any atom is 0.226 e. The first-order valence-electron chi connectivity index (χ1n) is 6.52. The molecule has 0 saturated carbocycles. The highest BCUT2D eigenvalue weighted by molar-refractivity contribution is 5.55. The van der Waals surface area contributed by atoms with Crippen LogP contribution in [0.2, 0.25) is 0 Å². The monoisotopic (exact) mass is 242 g/mol. The van der Waals surface area contributed by atoms with E-state index in [9.17, 15) is 0 Å². The second kappa shape index (κ2) is 4.58. The van der Waals surface area contributed by atoms with Crippen molar-refractivity contribution in [3.63, 3.8) is 0 Å². The number of fused-ring (bicyclic) bond motifs is 1. The van der Waals surface area contributed by atoms with Gasteiger partial charge in [-0.25, -0.2) is 4.98 Å². The van der Waals surface area contributed by atoms with Crippen molar-refractivity contribution in [3.05, 3.63) is 41.3 Å². The van der Waals surface area contributed by atoms with Gasteiger partial charge in [-0.05, 0) is 44.4 Å². The van der Waals surface area contributed by atoms with Gasteiger partial charge in [-0.15, -0.1) is 0 Å². The molecular weight excluding hydrogens is 224 g/mol. The van der Waals surface area contributed by atoms with Crippen LogP contribution in [0.1, 0.15) is 23.4 Å². The van der Waals surface area contributed by atoms with E-state index in [-0.39, 0.29) is 0 Å². The molecular formula is C15H18N2O. The molecule has 2 aromatic rings. The van der Waals surface area contributed by atoms with Gasteiger partial charge in [-0.2, -0.15) is 0 Å². The average molecular weight is 242 g/mol. The number of hydrogen-bond donors (Lipinski definition) is 1. The highest BCUT2D eigenvalue weighted by Gasteiger charge is 2.23. The molecule has 1 aromatic heterocycles. The van der Waals surface area contributed by atoms with Crippen LogP contribution in [0.15, 0.2) is 28.7 Å². The van der Waals surface area contributed by atoms with E-state index < -0.39 is 0 Å². The molecule has 0 radical (unpaired) electrons. The summed E-state index contributed by atoms with van der Waals surface area (Å²) in [5.74, 6) is 2.37. The molecule has 1 heterocycles. The smallest absolute Gasteiger partial charge is 0.226 e. The molecule has 0 bridgehead atoms. The Balaban J connectivity index is 1.94. The van der Waals surface area contributed by atoms with Crippen LogP contribution in [0, 0.1) is 12.8 Å². The van der Waals surface area contributed by atoms with Crippen molar-refractivity contribution in [2.75, 3.05) is 6.54 Å². The molecule has 1 aliphatic carbocycles. The van der Waals surface area contributed by atoms with Crippen molar-refractivity contribution in [1.82, 2.24) is 4.98 Å². The quantitative estimate of drug-likeness (QED) is 0.881. The molecule has 1 aliphatic rings. The Hall–Kier alpha value is -1.61. The molecule has 1 atom stereocenters. The second-order valence-corrected chi connectivity index (χ2v) is 5.10. The molecule has 3 heteroatoms. The van der Waals surface area contributed by atoms with Crippen molar-refractivity contribution >= 4 is 0 Å². The van der Waals surface area contributed by atoms with Gasteiger partial charge in [0.15, 0.2) is 0 Å².